The molecule has 2 atom stereocenters. The van der Waals surface area contributed by atoms with Gasteiger partial charge in [0.1, 0.15) is 6.04 Å². The first-order valence-corrected chi connectivity index (χ1v) is 11.3. The number of thioether (sulfide) groups is 1. The standard InChI is InChI=1S/C23H27N3O6S/c1-14-7-15(2)9-18(8-14)25-23(31)26-19(22(30)32-3)13-33-12-17(10-20(27)28)21(29)16-5-4-6-24-11-16/h4-9,11,17,19H,10,12-13H2,1-3H3,(H,27,28)(H2,25,26,31)/t17?,19-/m1/s1. The largest absolute Gasteiger partial charge is 0.481 e. The number of aliphatic carboxylic acids is 1. The number of ketones is 1. The number of carbonyl (C=O) groups excluding carboxylic acids is 3. The molecule has 0 spiro atoms. The Balaban J connectivity index is 2.00. The summed E-state index contributed by atoms with van der Waals surface area (Å²) in [6.07, 6.45) is 2.55. The number of hydrogen-bond acceptors (Lipinski definition) is 7. The molecule has 33 heavy (non-hydrogen) atoms. The van der Waals surface area contributed by atoms with Crippen LogP contribution in [-0.2, 0) is 14.3 Å². The molecule has 2 amide bonds. The molecule has 0 saturated carbocycles. The van der Waals surface area contributed by atoms with Gasteiger partial charge in [0.2, 0.25) is 0 Å². The molecule has 9 nitrogen and oxygen atoms in total. The van der Waals surface area contributed by atoms with Crippen LogP contribution in [-0.4, -0.2) is 58.5 Å². The number of carboxylic acids is 1. The average molecular weight is 474 g/mol. The van der Waals surface area contributed by atoms with Crippen molar-refractivity contribution in [3.63, 3.8) is 0 Å². The molecule has 176 valence electrons. The van der Waals surface area contributed by atoms with Crippen LogP contribution in [0.3, 0.4) is 0 Å². The van der Waals surface area contributed by atoms with E-state index in [1.807, 2.05) is 19.9 Å². The van der Waals surface area contributed by atoms with Crippen molar-refractivity contribution in [2.24, 2.45) is 5.92 Å². The number of hydrogen-bond donors (Lipinski definition) is 3. The third-order valence-electron chi connectivity index (χ3n) is 4.61. The van der Waals surface area contributed by atoms with Gasteiger partial charge < -0.3 is 20.5 Å². The number of carboxylic acid groups (broad SMARTS) is 1. The first-order valence-electron chi connectivity index (χ1n) is 10.2. The van der Waals surface area contributed by atoms with Crippen LogP contribution in [0.15, 0.2) is 42.7 Å². The summed E-state index contributed by atoms with van der Waals surface area (Å²) in [5.74, 6) is -2.65. The average Bonchev–Trinajstić information content (AvgIpc) is 2.76. The molecule has 0 aliphatic rings. The molecule has 3 N–H and O–H groups in total. The lowest BCUT2D eigenvalue weighted by atomic mass is 9.97. The number of ether oxygens (including phenoxy) is 1. The third kappa shape index (κ3) is 8.57. The van der Waals surface area contributed by atoms with Crippen LogP contribution in [0, 0.1) is 19.8 Å². The summed E-state index contributed by atoms with van der Waals surface area (Å²) in [5, 5.41) is 14.5. The highest BCUT2D eigenvalue weighted by atomic mass is 32.2. The van der Waals surface area contributed by atoms with Crippen molar-refractivity contribution >= 4 is 41.2 Å². The van der Waals surface area contributed by atoms with Crippen LogP contribution in [0.4, 0.5) is 10.5 Å². The van der Waals surface area contributed by atoms with Gasteiger partial charge in [0.15, 0.2) is 5.78 Å². The lowest BCUT2D eigenvalue weighted by Gasteiger charge is -2.19. The molecule has 1 aromatic heterocycles. The molecular weight excluding hydrogens is 446 g/mol. The maximum Gasteiger partial charge on any atom is 0.329 e. The minimum Gasteiger partial charge on any atom is -0.481 e. The van der Waals surface area contributed by atoms with Crippen LogP contribution < -0.4 is 10.6 Å². The molecule has 1 aromatic carbocycles. The number of esters is 1. The minimum absolute atomic E-state index is 0.101. The van der Waals surface area contributed by atoms with Gasteiger partial charge in [-0.3, -0.25) is 14.6 Å². The Kier molecular flexibility index (Phi) is 9.86. The fraction of sp³-hybridized carbons (Fsp3) is 0.348. The topological polar surface area (TPSA) is 135 Å². The van der Waals surface area contributed by atoms with Gasteiger partial charge in [-0.2, -0.15) is 11.8 Å². The zero-order valence-corrected chi connectivity index (χ0v) is 19.5. The van der Waals surface area contributed by atoms with Gasteiger partial charge in [-0.1, -0.05) is 6.07 Å². The fourth-order valence-corrected chi connectivity index (χ4v) is 4.34. The van der Waals surface area contributed by atoms with Crippen LogP contribution in [0.25, 0.3) is 0 Å². The number of methoxy groups -OCH3 is 1. The van der Waals surface area contributed by atoms with E-state index in [1.54, 1.807) is 24.3 Å². The van der Waals surface area contributed by atoms with Crippen molar-refractivity contribution in [2.45, 2.75) is 26.3 Å². The van der Waals surface area contributed by atoms with Crippen molar-refractivity contribution in [1.29, 1.82) is 0 Å². The number of rotatable bonds is 11. The van der Waals surface area contributed by atoms with Crippen molar-refractivity contribution in [3.8, 4) is 0 Å². The Labute approximate surface area is 196 Å². The maximum absolute atomic E-state index is 12.7. The number of amides is 2. The van der Waals surface area contributed by atoms with Gasteiger partial charge in [-0.15, -0.1) is 0 Å². The highest BCUT2D eigenvalue weighted by Crippen LogP contribution is 2.19. The molecule has 1 unspecified atom stereocenters. The molecule has 2 rings (SSSR count). The summed E-state index contributed by atoms with van der Waals surface area (Å²) in [6.45, 7) is 3.81. The Morgan fingerprint density at radius 2 is 1.82 bits per heavy atom. The van der Waals surface area contributed by atoms with Gasteiger partial charge in [-0.05, 0) is 49.2 Å². The molecule has 2 aromatic rings. The number of Topliss-reactive ketones (excluding diaryl/α,β-unsaturated/α-hetero) is 1. The van der Waals surface area contributed by atoms with E-state index in [9.17, 15) is 24.3 Å². The van der Waals surface area contributed by atoms with E-state index in [0.29, 0.717) is 11.3 Å². The highest BCUT2D eigenvalue weighted by molar-refractivity contribution is 7.99. The molecule has 0 aliphatic heterocycles. The molecule has 0 saturated heterocycles. The number of nitrogens with one attached hydrogen (secondary N) is 2. The van der Waals surface area contributed by atoms with E-state index in [-0.39, 0.29) is 23.7 Å². The molecule has 0 aliphatic carbocycles. The smallest absolute Gasteiger partial charge is 0.329 e. The quantitative estimate of drug-likeness (QED) is 0.335. The number of aryl methyl sites for hydroxylation is 2. The number of benzene rings is 1. The predicted molar refractivity (Wildman–Crippen MR) is 126 cm³/mol. The molecule has 10 heteroatoms. The lowest BCUT2D eigenvalue weighted by Crippen LogP contribution is -2.45. The summed E-state index contributed by atoms with van der Waals surface area (Å²) < 4.78 is 4.78. The first-order chi connectivity index (χ1) is 15.7. The monoisotopic (exact) mass is 473 g/mol. The number of carbonyl (C=O) groups is 4. The van der Waals surface area contributed by atoms with Crippen LogP contribution in [0.5, 0.6) is 0 Å². The number of nitrogens with zero attached hydrogens (tertiary/aromatic N) is 1. The number of pyridine rings is 1. The van der Waals surface area contributed by atoms with Gasteiger partial charge in [0, 0.05) is 41.1 Å². The van der Waals surface area contributed by atoms with Crippen molar-refractivity contribution in [3.05, 3.63) is 59.4 Å². The molecule has 1 heterocycles. The second kappa shape index (κ2) is 12.6. The Bertz CT molecular complexity index is 979. The number of aromatic nitrogens is 1. The van der Waals surface area contributed by atoms with E-state index >= 15 is 0 Å². The van der Waals surface area contributed by atoms with E-state index < -0.39 is 29.9 Å². The van der Waals surface area contributed by atoms with E-state index in [1.165, 1.54) is 31.3 Å². The van der Waals surface area contributed by atoms with Gasteiger partial charge in [0.25, 0.3) is 0 Å². The van der Waals surface area contributed by atoms with Gasteiger partial charge >= 0.3 is 18.0 Å². The second-order valence-electron chi connectivity index (χ2n) is 7.49. The fourth-order valence-electron chi connectivity index (χ4n) is 3.19. The Hall–Kier alpha value is -3.40. The van der Waals surface area contributed by atoms with E-state index in [4.69, 9.17) is 4.74 Å². The lowest BCUT2D eigenvalue weighted by molar-refractivity contribution is -0.142. The van der Waals surface area contributed by atoms with Crippen molar-refractivity contribution < 1.29 is 29.0 Å². The molecule has 0 radical (unpaired) electrons. The van der Waals surface area contributed by atoms with E-state index in [0.717, 1.165) is 11.1 Å². The van der Waals surface area contributed by atoms with Crippen molar-refractivity contribution in [1.82, 2.24) is 10.3 Å². The molecule has 0 bridgehead atoms. The Morgan fingerprint density at radius 1 is 1.12 bits per heavy atom. The normalized spacial score (nSPS) is 12.3. The maximum atomic E-state index is 12.7. The minimum atomic E-state index is -1.10. The summed E-state index contributed by atoms with van der Waals surface area (Å²) in [6, 6.07) is 7.19. The Morgan fingerprint density at radius 3 is 2.39 bits per heavy atom. The number of anilines is 1. The first kappa shape index (κ1) is 25.9. The zero-order valence-electron chi connectivity index (χ0n) is 18.7. The van der Waals surface area contributed by atoms with Gasteiger partial charge in [0.05, 0.1) is 13.5 Å². The highest BCUT2D eigenvalue weighted by Gasteiger charge is 2.26. The van der Waals surface area contributed by atoms with Crippen molar-refractivity contribution in [2.75, 3.05) is 23.9 Å². The number of urea groups is 1. The summed E-state index contributed by atoms with van der Waals surface area (Å²) in [4.78, 5) is 52.4. The summed E-state index contributed by atoms with van der Waals surface area (Å²) >= 11 is 1.18. The zero-order chi connectivity index (χ0) is 24.4. The second-order valence-corrected chi connectivity index (χ2v) is 8.56. The molecular formula is C23H27N3O6S. The molecule has 0 fully saturated rings. The van der Waals surface area contributed by atoms with Gasteiger partial charge in [-0.25, -0.2) is 9.59 Å². The SMILES string of the molecule is COC(=O)[C@@H](CSCC(CC(=O)O)C(=O)c1cccnc1)NC(=O)Nc1cc(C)cc(C)c1. The predicted octanol–water partition coefficient (Wildman–Crippen LogP) is 3.07. The third-order valence-corrected chi connectivity index (χ3v) is 5.82. The summed E-state index contributed by atoms with van der Waals surface area (Å²) in [5.41, 5.74) is 2.87. The van der Waals surface area contributed by atoms with E-state index in [2.05, 4.69) is 15.6 Å². The van der Waals surface area contributed by atoms with Crippen LogP contribution in [0.2, 0.25) is 0 Å². The van der Waals surface area contributed by atoms with Crippen LogP contribution >= 0.6 is 11.8 Å². The van der Waals surface area contributed by atoms with Crippen LogP contribution in [0.1, 0.15) is 27.9 Å². The summed E-state index contributed by atoms with van der Waals surface area (Å²) in [7, 11) is 1.21.